The molecule has 0 unspecified atom stereocenters. The van der Waals surface area contributed by atoms with Crippen molar-refractivity contribution < 1.29 is 9.63 Å². The van der Waals surface area contributed by atoms with E-state index in [1.54, 1.807) is 5.51 Å². The van der Waals surface area contributed by atoms with E-state index < -0.39 is 5.60 Å². The Morgan fingerprint density at radius 1 is 1.64 bits per heavy atom. The lowest BCUT2D eigenvalue weighted by Gasteiger charge is -2.18. The van der Waals surface area contributed by atoms with Crippen molar-refractivity contribution in [3.05, 3.63) is 15.0 Å². The number of amides is 1. The number of aromatic nitrogens is 1. The zero-order valence-corrected chi connectivity index (χ0v) is 10.5. The van der Waals surface area contributed by atoms with Crippen LogP contribution in [0.4, 0.5) is 0 Å². The lowest BCUT2D eigenvalue weighted by atomic mass is 10.2. The Labute approximate surface area is 94.8 Å². The Balaban J connectivity index is 2.56. The molecule has 0 aliphatic carbocycles. The van der Waals surface area contributed by atoms with Crippen LogP contribution < -0.4 is 5.48 Å². The Morgan fingerprint density at radius 2 is 2.29 bits per heavy atom. The molecule has 1 N–H and O–H groups in total. The number of hydrogen-bond acceptors (Lipinski definition) is 4. The number of hydrogen-bond donors (Lipinski definition) is 1. The van der Waals surface area contributed by atoms with Crippen LogP contribution in [0.1, 0.15) is 31.3 Å². The molecule has 0 bridgehead atoms. The van der Waals surface area contributed by atoms with Gasteiger partial charge in [0.25, 0.3) is 5.91 Å². The monoisotopic (exact) mass is 278 g/mol. The van der Waals surface area contributed by atoms with Gasteiger partial charge in [-0.05, 0) is 36.7 Å². The first kappa shape index (κ1) is 11.6. The molecule has 0 spiro atoms. The summed E-state index contributed by atoms with van der Waals surface area (Å²) in [7, 11) is 0. The van der Waals surface area contributed by atoms with Gasteiger partial charge in [-0.1, -0.05) is 0 Å². The Hall–Kier alpha value is -0.460. The van der Waals surface area contributed by atoms with E-state index in [0.29, 0.717) is 9.48 Å². The maximum atomic E-state index is 11.5. The predicted octanol–water partition coefficient (Wildman–Crippen LogP) is 2.37. The topological polar surface area (TPSA) is 51.2 Å². The summed E-state index contributed by atoms with van der Waals surface area (Å²) in [6.07, 6.45) is 0. The molecule has 0 atom stereocenters. The smallest absolute Gasteiger partial charge is 0.268 e. The number of carbonyl (C=O) groups excluding carboxylic acids is 1. The summed E-state index contributed by atoms with van der Waals surface area (Å²) in [5.41, 5.74) is 3.88. The van der Waals surface area contributed by atoms with Gasteiger partial charge in [-0.25, -0.2) is 10.5 Å². The second-order valence-corrected chi connectivity index (χ2v) is 5.79. The first-order valence-electron chi connectivity index (χ1n) is 3.97. The second-order valence-electron chi connectivity index (χ2n) is 3.62. The third-order valence-electron chi connectivity index (χ3n) is 1.19. The van der Waals surface area contributed by atoms with E-state index in [1.165, 1.54) is 11.3 Å². The standard InChI is InChI=1S/C8H11BrN2O2S/c1-8(2,3)13-11-7(12)5-6(9)14-4-10-5/h4H,1-3H3,(H,11,12). The van der Waals surface area contributed by atoms with Crippen molar-refractivity contribution in [2.45, 2.75) is 26.4 Å². The zero-order chi connectivity index (χ0) is 10.8. The summed E-state index contributed by atoms with van der Waals surface area (Å²) in [5, 5.41) is 0. The molecule has 4 nitrogen and oxygen atoms in total. The summed E-state index contributed by atoms with van der Waals surface area (Å²) in [6.45, 7) is 5.55. The Kier molecular flexibility index (Phi) is 3.63. The minimum Gasteiger partial charge on any atom is -0.268 e. The summed E-state index contributed by atoms with van der Waals surface area (Å²) >= 11 is 4.58. The van der Waals surface area contributed by atoms with Crippen LogP contribution in [0.5, 0.6) is 0 Å². The van der Waals surface area contributed by atoms with Gasteiger partial charge in [0.1, 0.15) is 3.79 Å². The van der Waals surface area contributed by atoms with E-state index in [0.717, 1.165) is 0 Å². The third-order valence-corrected chi connectivity index (χ3v) is 2.74. The van der Waals surface area contributed by atoms with E-state index in [4.69, 9.17) is 4.84 Å². The quantitative estimate of drug-likeness (QED) is 0.845. The molecule has 78 valence electrons. The number of hydroxylamine groups is 1. The summed E-state index contributed by atoms with van der Waals surface area (Å²) in [4.78, 5) is 20.5. The number of rotatable bonds is 2. The number of halogens is 1. The van der Waals surface area contributed by atoms with Gasteiger partial charge in [-0.2, -0.15) is 0 Å². The normalized spacial score (nSPS) is 11.4. The van der Waals surface area contributed by atoms with E-state index in [-0.39, 0.29) is 5.91 Å². The van der Waals surface area contributed by atoms with Crippen molar-refractivity contribution in [3.8, 4) is 0 Å². The summed E-state index contributed by atoms with van der Waals surface area (Å²) in [5.74, 6) is -0.340. The molecule has 1 aromatic heterocycles. The van der Waals surface area contributed by atoms with Gasteiger partial charge in [0.2, 0.25) is 0 Å². The molecule has 0 saturated heterocycles. The van der Waals surface area contributed by atoms with Gasteiger partial charge in [-0.15, -0.1) is 11.3 Å². The van der Waals surface area contributed by atoms with Crippen LogP contribution in [0.25, 0.3) is 0 Å². The number of carbonyl (C=O) groups is 1. The van der Waals surface area contributed by atoms with E-state index >= 15 is 0 Å². The maximum absolute atomic E-state index is 11.5. The van der Waals surface area contributed by atoms with E-state index in [9.17, 15) is 4.79 Å². The van der Waals surface area contributed by atoms with Gasteiger partial charge in [-0.3, -0.25) is 9.63 Å². The molecule has 1 heterocycles. The van der Waals surface area contributed by atoms with Crippen LogP contribution in [0.3, 0.4) is 0 Å². The fourth-order valence-electron chi connectivity index (χ4n) is 0.628. The lowest BCUT2D eigenvalue weighted by molar-refractivity contribution is -0.0591. The fourth-order valence-corrected chi connectivity index (χ4v) is 1.67. The van der Waals surface area contributed by atoms with Crippen molar-refractivity contribution in [2.24, 2.45) is 0 Å². The zero-order valence-electron chi connectivity index (χ0n) is 8.13. The van der Waals surface area contributed by atoms with Gasteiger partial charge in [0, 0.05) is 0 Å². The lowest BCUT2D eigenvalue weighted by Crippen LogP contribution is -2.33. The maximum Gasteiger partial charge on any atom is 0.295 e. The second kappa shape index (κ2) is 4.37. The largest absolute Gasteiger partial charge is 0.295 e. The van der Waals surface area contributed by atoms with Gasteiger partial charge in [0.05, 0.1) is 11.1 Å². The molecule has 0 radical (unpaired) electrons. The average Bonchev–Trinajstić information content (AvgIpc) is 2.46. The van der Waals surface area contributed by atoms with Crippen molar-refractivity contribution in [2.75, 3.05) is 0 Å². The molecule has 1 aromatic rings. The summed E-state index contributed by atoms with van der Waals surface area (Å²) in [6, 6.07) is 0. The predicted molar refractivity (Wildman–Crippen MR) is 58.1 cm³/mol. The third kappa shape index (κ3) is 3.36. The molecule has 1 amide bonds. The Morgan fingerprint density at radius 3 is 2.71 bits per heavy atom. The van der Waals surface area contributed by atoms with Crippen LogP contribution in [0, 0.1) is 0 Å². The first-order chi connectivity index (χ1) is 6.40. The number of nitrogens with zero attached hydrogens (tertiary/aromatic N) is 1. The average molecular weight is 279 g/mol. The van der Waals surface area contributed by atoms with Crippen LogP contribution in [0.15, 0.2) is 9.30 Å². The number of thiazole rings is 1. The van der Waals surface area contributed by atoms with Crippen molar-refractivity contribution in [3.63, 3.8) is 0 Å². The molecule has 0 saturated carbocycles. The highest BCUT2D eigenvalue weighted by Crippen LogP contribution is 2.20. The first-order valence-corrected chi connectivity index (χ1v) is 5.65. The molecular formula is C8H11BrN2O2S. The summed E-state index contributed by atoms with van der Waals surface area (Å²) < 4.78 is 0.701. The SMILES string of the molecule is CC(C)(C)ONC(=O)c1ncsc1Br. The fraction of sp³-hybridized carbons (Fsp3) is 0.500. The van der Waals surface area contributed by atoms with Gasteiger partial charge < -0.3 is 0 Å². The van der Waals surface area contributed by atoms with Crippen molar-refractivity contribution in [1.29, 1.82) is 0 Å². The molecule has 0 aliphatic heterocycles. The molecule has 0 fully saturated rings. The molecular weight excluding hydrogens is 268 g/mol. The van der Waals surface area contributed by atoms with Crippen LogP contribution in [0.2, 0.25) is 0 Å². The molecule has 0 aliphatic rings. The molecule has 1 rings (SSSR count). The minimum absolute atomic E-state index is 0.340. The van der Waals surface area contributed by atoms with Crippen LogP contribution >= 0.6 is 27.3 Å². The van der Waals surface area contributed by atoms with E-state index in [1.807, 2.05) is 20.8 Å². The van der Waals surface area contributed by atoms with Crippen LogP contribution in [-0.2, 0) is 4.84 Å². The van der Waals surface area contributed by atoms with Crippen LogP contribution in [-0.4, -0.2) is 16.5 Å². The molecule has 14 heavy (non-hydrogen) atoms. The van der Waals surface area contributed by atoms with Crippen molar-refractivity contribution >= 4 is 33.2 Å². The van der Waals surface area contributed by atoms with Crippen molar-refractivity contribution in [1.82, 2.24) is 10.5 Å². The highest BCUT2D eigenvalue weighted by atomic mass is 79.9. The highest BCUT2D eigenvalue weighted by molar-refractivity contribution is 9.11. The Bertz CT molecular complexity index is 332. The molecule has 6 heteroatoms. The van der Waals surface area contributed by atoms with Gasteiger partial charge >= 0.3 is 0 Å². The van der Waals surface area contributed by atoms with E-state index in [2.05, 4.69) is 26.4 Å². The molecule has 0 aromatic carbocycles. The minimum atomic E-state index is -0.405. The highest BCUT2D eigenvalue weighted by Gasteiger charge is 2.17. The number of nitrogens with one attached hydrogen (secondary N) is 1. The van der Waals surface area contributed by atoms with Gasteiger partial charge in [0.15, 0.2) is 5.69 Å².